The topological polar surface area (TPSA) is 77.9 Å². The molecule has 1 heterocycles. The third-order valence-electron chi connectivity index (χ3n) is 5.57. The Morgan fingerprint density at radius 2 is 1.79 bits per heavy atom. The molecule has 0 amide bonds. The van der Waals surface area contributed by atoms with Crippen LogP contribution in [0.5, 0.6) is 11.5 Å². The normalized spacial score (nSPS) is 12.8. The van der Waals surface area contributed by atoms with Gasteiger partial charge in [-0.3, -0.25) is 4.79 Å². The molecule has 6 nitrogen and oxygen atoms in total. The van der Waals surface area contributed by atoms with Gasteiger partial charge in [0.2, 0.25) is 0 Å². The third kappa shape index (κ3) is 5.73. The first-order valence-electron chi connectivity index (χ1n) is 10.6. The number of carbonyl (C=O) groups excluding carboxylic acids is 1. The van der Waals surface area contributed by atoms with Crippen molar-refractivity contribution in [2.45, 2.75) is 32.0 Å². The predicted molar refractivity (Wildman–Crippen MR) is 128 cm³/mol. The number of methoxy groups -OCH3 is 3. The molecular weight excluding hydrogens is 461 g/mol. The first-order valence-corrected chi connectivity index (χ1v) is 11.0. The third-order valence-corrected chi connectivity index (χ3v) is 5.86. The summed E-state index contributed by atoms with van der Waals surface area (Å²) in [6.45, 7) is 1.97. The molecule has 0 fully saturated rings. The highest BCUT2D eigenvalue weighted by atomic mass is 35.5. The lowest BCUT2D eigenvalue weighted by molar-refractivity contribution is 0.0397. The van der Waals surface area contributed by atoms with E-state index in [4.69, 9.17) is 25.8 Å². The minimum Gasteiger partial charge on any atom is -0.496 e. The largest absolute Gasteiger partial charge is 0.496 e. The number of hydrogen-bond acceptors (Lipinski definition) is 6. The van der Waals surface area contributed by atoms with Gasteiger partial charge in [-0.2, -0.15) is 0 Å². The predicted octanol–water partition coefficient (Wildman–Crippen LogP) is 5.58. The van der Waals surface area contributed by atoms with Crippen molar-refractivity contribution in [1.82, 2.24) is 4.98 Å². The van der Waals surface area contributed by atoms with Crippen molar-refractivity contribution in [3.05, 3.63) is 76.2 Å². The Bertz CT molecular complexity index is 1180. The average molecular weight is 488 g/mol. The van der Waals surface area contributed by atoms with E-state index in [1.54, 1.807) is 44.4 Å². The van der Waals surface area contributed by atoms with E-state index in [0.717, 1.165) is 5.56 Å². The lowest BCUT2D eigenvalue weighted by Crippen LogP contribution is -2.24. The standard InChI is InChI=1S/C26H27ClFNO5/c1-26(31,12-11-21(30)16-5-6-18(15-32-2)23(14-16)34-4)24-10-9-22(33-3)25(29-24)17-7-8-20(28)19(27)13-17/h5-10,13-14,31H,11-12,15H2,1-4H3. The molecule has 0 radical (unpaired) electrons. The summed E-state index contributed by atoms with van der Waals surface area (Å²) in [6, 6.07) is 12.7. The van der Waals surface area contributed by atoms with Crippen molar-refractivity contribution >= 4 is 17.4 Å². The number of Topliss-reactive ketones (excluding diaryl/α,β-unsaturated/α-hetero) is 1. The van der Waals surface area contributed by atoms with Crippen molar-refractivity contribution < 1.29 is 28.5 Å². The zero-order chi connectivity index (χ0) is 24.9. The van der Waals surface area contributed by atoms with Gasteiger partial charge in [0.25, 0.3) is 0 Å². The summed E-state index contributed by atoms with van der Waals surface area (Å²) in [5, 5.41) is 11.1. The van der Waals surface area contributed by atoms with Crippen LogP contribution in [0.2, 0.25) is 5.02 Å². The zero-order valence-corrected chi connectivity index (χ0v) is 20.3. The summed E-state index contributed by atoms with van der Waals surface area (Å²) in [5.74, 6) is 0.333. The minimum atomic E-state index is -1.40. The van der Waals surface area contributed by atoms with Gasteiger partial charge in [-0.15, -0.1) is 0 Å². The number of hydrogen-bond donors (Lipinski definition) is 1. The molecule has 3 aromatic rings. The number of halogens is 2. The first-order chi connectivity index (χ1) is 16.2. The van der Waals surface area contributed by atoms with E-state index < -0.39 is 11.4 Å². The van der Waals surface area contributed by atoms with Crippen LogP contribution in [0.15, 0.2) is 48.5 Å². The monoisotopic (exact) mass is 487 g/mol. The van der Waals surface area contributed by atoms with Gasteiger partial charge in [-0.1, -0.05) is 23.7 Å². The Labute approximate surface area is 203 Å². The number of ether oxygens (including phenoxy) is 3. The van der Waals surface area contributed by atoms with Crippen LogP contribution in [-0.4, -0.2) is 37.2 Å². The van der Waals surface area contributed by atoms with E-state index in [2.05, 4.69) is 4.98 Å². The highest BCUT2D eigenvalue weighted by Crippen LogP contribution is 2.34. The fraction of sp³-hybridized carbons (Fsp3) is 0.308. The van der Waals surface area contributed by atoms with Crippen LogP contribution in [0.25, 0.3) is 11.3 Å². The first kappa shape index (κ1) is 25.6. The summed E-state index contributed by atoms with van der Waals surface area (Å²) in [7, 11) is 4.62. The molecule has 0 saturated heterocycles. The number of aliphatic hydroxyl groups is 1. The molecular formula is C26H27ClFNO5. The Kier molecular flexibility index (Phi) is 8.25. The summed E-state index contributed by atoms with van der Waals surface area (Å²) in [6.07, 6.45) is 0.224. The van der Waals surface area contributed by atoms with Crippen molar-refractivity contribution in [2.75, 3.05) is 21.3 Å². The number of aromatic nitrogens is 1. The molecule has 1 aromatic heterocycles. The second-order valence-corrected chi connectivity index (χ2v) is 8.44. The SMILES string of the molecule is COCc1ccc(C(=O)CCC(C)(O)c2ccc(OC)c(-c3ccc(F)c(Cl)c3)n2)cc1OC. The zero-order valence-electron chi connectivity index (χ0n) is 19.5. The van der Waals surface area contributed by atoms with Gasteiger partial charge in [-0.05, 0) is 49.7 Å². The molecule has 2 aromatic carbocycles. The summed E-state index contributed by atoms with van der Waals surface area (Å²) in [5.41, 5.74) is 1.22. The second-order valence-electron chi connectivity index (χ2n) is 8.03. The molecule has 3 rings (SSSR count). The fourth-order valence-corrected chi connectivity index (χ4v) is 3.76. The minimum absolute atomic E-state index is 0.0453. The number of rotatable bonds is 10. The van der Waals surface area contributed by atoms with Gasteiger partial charge in [-0.25, -0.2) is 9.37 Å². The molecule has 0 bridgehead atoms. The van der Waals surface area contributed by atoms with Crippen LogP contribution < -0.4 is 9.47 Å². The van der Waals surface area contributed by atoms with E-state index in [1.807, 2.05) is 0 Å². The van der Waals surface area contributed by atoms with Crippen LogP contribution in [0.1, 0.15) is 41.4 Å². The van der Waals surface area contributed by atoms with Crippen molar-refractivity contribution in [1.29, 1.82) is 0 Å². The maximum absolute atomic E-state index is 13.6. The molecule has 0 aliphatic rings. The summed E-state index contributed by atoms with van der Waals surface area (Å²) >= 11 is 5.93. The number of ketones is 1. The van der Waals surface area contributed by atoms with Gasteiger partial charge in [0, 0.05) is 30.2 Å². The molecule has 1 atom stereocenters. The van der Waals surface area contributed by atoms with E-state index in [0.29, 0.717) is 40.6 Å². The molecule has 0 aliphatic heterocycles. The Balaban J connectivity index is 1.82. The van der Waals surface area contributed by atoms with Crippen LogP contribution in [0.3, 0.4) is 0 Å². The van der Waals surface area contributed by atoms with E-state index in [9.17, 15) is 14.3 Å². The van der Waals surface area contributed by atoms with Gasteiger partial charge < -0.3 is 19.3 Å². The fourth-order valence-electron chi connectivity index (χ4n) is 3.58. The van der Waals surface area contributed by atoms with E-state index >= 15 is 0 Å². The van der Waals surface area contributed by atoms with Crippen LogP contribution in [-0.2, 0) is 16.9 Å². The molecule has 8 heteroatoms. The molecule has 0 saturated carbocycles. The Hall–Kier alpha value is -3.00. The summed E-state index contributed by atoms with van der Waals surface area (Å²) < 4.78 is 29.5. The lowest BCUT2D eigenvalue weighted by atomic mass is 9.92. The molecule has 0 spiro atoms. The van der Waals surface area contributed by atoms with E-state index in [1.165, 1.54) is 32.4 Å². The van der Waals surface area contributed by atoms with Crippen molar-refractivity contribution in [3.63, 3.8) is 0 Å². The molecule has 1 unspecified atom stereocenters. The maximum Gasteiger partial charge on any atom is 0.163 e. The average Bonchev–Trinajstić information content (AvgIpc) is 2.84. The van der Waals surface area contributed by atoms with Crippen LogP contribution in [0, 0.1) is 5.82 Å². The van der Waals surface area contributed by atoms with Crippen molar-refractivity contribution in [3.8, 4) is 22.8 Å². The highest BCUT2D eigenvalue weighted by Gasteiger charge is 2.27. The molecule has 0 aliphatic carbocycles. The lowest BCUT2D eigenvalue weighted by Gasteiger charge is -2.24. The Morgan fingerprint density at radius 1 is 1.06 bits per heavy atom. The number of nitrogens with zero attached hydrogens (tertiary/aromatic N) is 1. The Morgan fingerprint density at radius 3 is 2.44 bits per heavy atom. The molecule has 180 valence electrons. The highest BCUT2D eigenvalue weighted by molar-refractivity contribution is 6.31. The van der Waals surface area contributed by atoms with Crippen LogP contribution in [0.4, 0.5) is 4.39 Å². The number of pyridine rings is 1. The number of carbonyl (C=O) groups is 1. The number of benzene rings is 2. The van der Waals surface area contributed by atoms with Gasteiger partial charge in [0.15, 0.2) is 5.78 Å². The summed E-state index contributed by atoms with van der Waals surface area (Å²) in [4.78, 5) is 17.4. The van der Waals surface area contributed by atoms with Gasteiger partial charge in [0.05, 0.1) is 31.5 Å². The molecule has 1 N–H and O–H groups in total. The van der Waals surface area contributed by atoms with Gasteiger partial charge in [0.1, 0.15) is 28.6 Å². The smallest absolute Gasteiger partial charge is 0.163 e. The van der Waals surface area contributed by atoms with Crippen LogP contribution >= 0.6 is 11.6 Å². The quantitative estimate of drug-likeness (QED) is 0.376. The van der Waals surface area contributed by atoms with Gasteiger partial charge >= 0.3 is 0 Å². The second kappa shape index (κ2) is 11.0. The van der Waals surface area contributed by atoms with E-state index in [-0.39, 0.29) is 23.6 Å². The molecule has 34 heavy (non-hydrogen) atoms. The maximum atomic E-state index is 13.6. The van der Waals surface area contributed by atoms with Crippen molar-refractivity contribution in [2.24, 2.45) is 0 Å².